The third-order valence-electron chi connectivity index (χ3n) is 8.46. The summed E-state index contributed by atoms with van der Waals surface area (Å²) >= 11 is 0. The molecule has 25 heavy (non-hydrogen) atoms. The second kappa shape index (κ2) is 6.45. The first-order chi connectivity index (χ1) is 11.7. The quantitative estimate of drug-likeness (QED) is 0.617. The Morgan fingerprint density at radius 3 is 2.28 bits per heavy atom. The van der Waals surface area contributed by atoms with E-state index in [0.29, 0.717) is 18.8 Å². The van der Waals surface area contributed by atoms with Crippen LogP contribution in [0.4, 0.5) is 0 Å². The zero-order valence-electron chi connectivity index (χ0n) is 16.0. The molecule has 0 bridgehead atoms. The second-order valence-electron chi connectivity index (χ2n) is 9.47. The molecule has 5 nitrogen and oxygen atoms in total. The molecule has 4 N–H and O–H groups in total. The van der Waals surface area contributed by atoms with Gasteiger partial charge in [0.15, 0.2) is 0 Å². The summed E-state index contributed by atoms with van der Waals surface area (Å²) in [5, 5.41) is 40.2. The van der Waals surface area contributed by atoms with Crippen LogP contribution < -0.4 is 0 Å². The Kier molecular flexibility index (Phi) is 5.05. The van der Waals surface area contributed by atoms with Gasteiger partial charge >= 0.3 is 0 Å². The molecule has 2 saturated carbocycles. The van der Waals surface area contributed by atoms with Crippen molar-refractivity contribution in [2.75, 3.05) is 19.8 Å². The molecular formula is C20H36O5. The molecule has 1 aliphatic heterocycles. The summed E-state index contributed by atoms with van der Waals surface area (Å²) in [6.45, 7) is 6.47. The van der Waals surface area contributed by atoms with Gasteiger partial charge in [-0.25, -0.2) is 0 Å². The van der Waals surface area contributed by atoms with Gasteiger partial charge in [0.1, 0.15) is 0 Å². The van der Waals surface area contributed by atoms with E-state index in [1.807, 2.05) is 6.92 Å². The number of ether oxygens (including phenoxy) is 1. The van der Waals surface area contributed by atoms with E-state index < -0.39 is 17.1 Å². The highest BCUT2D eigenvalue weighted by Gasteiger charge is 2.68. The fourth-order valence-corrected chi connectivity index (χ4v) is 6.70. The second-order valence-corrected chi connectivity index (χ2v) is 9.47. The summed E-state index contributed by atoms with van der Waals surface area (Å²) in [5.41, 5.74) is -1.66. The SMILES string of the molecule is CC1CCC2[C@@](C)(CO)C(O)CC[C@@]2(C)C12CCC(CO)(CCO)O2. The molecule has 5 unspecified atom stereocenters. The third-order valence-corrected chi connectivity index (χ3v) is 8.46. The first-order valence-electron chi connectivity index (χ1n) is 9.94. The molecule has 1 spiro atoms. The highest BCUT2D eigenvalue weighted by atomic mass is 16.5. The van der Waals surface area contributed by atoms with Crippen molar-refractivity contribution >= 4 is 0 Å². The summed E-state index contributed by atoms with van der Waals surface area (Å²) in [4.78, 5) is 0. The lowest BCUT2D eigenvalue weighted by atomic mass is 9.43. The minimum Gasteiger partial charge on any atom is -0.396 e. The molecular weight excluding hydrogens is 320 g/mol. The summed E-state index contributed by atoms with van der Waals surface area (Å²) in [6, 6.07) is 0. The standard InChI is InChI=1S/C20H36O5/c1-14-4-5-15-17(2,12-22)16(24)6-7-18(15,3)20(14)9-8-19(13-23,25-20)10-11-21/h14-16,21-24H,4-13H2,1-3H3/t14?,15?,16?,17-,18-,19?,20?/m1/s1. The van der Waals surface area contributed by atoms with Crippen molar-refractivity contribution in [3.8, 4) is 0 Å². The summed E-state index contributed by atoms with van der Waals surface area (Å²) < 4.78 is 6.75. The normalized spacial score (nSPS) is 53.2. The predicted octanol–water partition coefficient (Wildman–Crippen LogP) is 1.85. The number of aliphatic hydroxyl groups excluding tert-OH is 4. The van der Waals surface area contributed by atoms with Crippen LogP contribution >= 0.6 is 0 Å². The molecule has 5 heteroatoms. The van der Waals surface area contributed by atoms with Crippen LogP contribution in [0, 0.1) is 22.7 Å². The van der Waals surface area contributed by atoms with E-state index in [-0.39, 0.29) is 36.8 Å². The first kappa shape index (κ1) is 19.6. The predicted molar refractivity (Wildman–Crippen MR) is 95.0 cm³/mol. The fourth-order valence-electron chi connectivity index (χ4n) is 6.70. The van der Waals surface area contributed by atoms with Gasteiger partial charge in [-0.2, -0.15) is 0 Å². The van der Waals surface area contributed by atoms with Gasteiger partial charge in [0.05, 0.1) is 30.5 Å². The Bertz CT molecular complexity index is 498. The van der Waals surface area contributed by atoms with Crippen LogP contribution in [-0.4, -0.2) is 57.6 Å². The maximum absolute atomic E-state index is 10.6. The summed E-state index contributed by atoms with van der Waals surface area (Å²) in [7, 11) is 0. The van der Waals surface area contributed by atoms with Crippen molar-refractivity contribution in [2.45, 2.75) is 83.0 Å². The van der Waals surface area contributed by atoms with Gasteiger partial charge in [-0.05, 0) is 50.4 Å². The smallest absolute Gasteiger partial charge is 0.0942 e. The molecule has 0 amide bonds. The molecule has 3 aliphatic rings. The Hall–Kier alpha value is -0.200. The molecule has 0 aromatic carbocycles. The average Bonchev–Trinajstić information content (AvgIpc) is 2.99. The maximum Gasteiger partial charge on any atom is 0.0942 e. The van der Waals surface area contributed by atoms with Gasteiger partial charge in [-0.1, -0.05) is 20.8 Å². The molecule has 2 aliphatic carbocycles. The molecule has 0 radical (unpaired) electrons. The minimum absolute atomic E-state index is 0.0121. The molecule has 1 heterocycles. The van der Waals surface area contributed by atoms with E-state index in [2.05, 4.69) is 13.8 Å². The van der Waals surface area contributed by atoms with E-state index in [1.165, 1.54) is 0 Å². The van der Waals surface area contributed by atoms with Gasteiger partial charge in [0.2, 0.25) is 0 Å². The topological polar surface area (TPSA) is 90.2 Å². The Balaban J connectivity index is 2.02. The van der Waals surface area contributed by atoms with Crippen molar-refractivity contribution in [3.05, 3.63) is 0 Å². The number of hydrogen-bond donors (Lipinski definition) is 4. The lowest BCUT2D eigenvalue weighted by Gasteiger charge is -2.65. The highest BCUT2D eigenvalue weighted by Crippen LogP contribution is 2.67. The number of rotatable bonds is 4. The van der Waals surface area contributed by atoms with Crippen LogP contribution in [0.2, 0.25) is 0 Å². The molecule has 1 saturated heterocycles. The monoisotopic (exact) mass is 356 g/mol. The van der Waals surface area contributed by atoms with Crippen LogP contribution in [0.25, 0.3) is 0 Å². The van der Waals surface area contributed by atoms with E-state index >= 15 is 0 Å². The van der Waals surface area contributed by atoms with Crippen molar-refractivity contribution in [3.63, 3.8) is 0 Å². The van der Waals surface area contributed by atoms with Crippen molar-refractivity contribution in [1.29, 1.82) is 0 Å². The molecule has 0 aromatic heterocycles. The summed E-state index contributed by atoms with van der Waals surface area (Å²) in [6.07, 6.45) is 5.15. The van der Waals surface area contributed by atoms with Gasteiger partial charge in [-0.3, -0.25) is 0 Å². The lowest BCUT2D eigenvalue weighted by Crippen LogP contribution is -2.66. The number of fused-ring (bicyclic) bond motifs is 2. The zero-order valence-corrected chi connectivity index (χ0v) is 16.0. The molecule has 3 rings (SSSR count). The highest BCUT2D eigenvalue weighted by molar-refractivity contribution is 5.17. The van der Waals surface area contributed by atoms with E-state index in [9.17, 15) is 20.4 Å². The van der Waals surface area contributed by atoms with E-state index in [4.69, 9.17) is 4.74 Å². The molecule has 7 atom stereocenters. The van der Waals surface area contributed by atoms with Crippen LogP contribution in [0.15, 0.2) is 0 Å². The van der Waals surface area contributed by atoms with Crippen LogP contribution in [-0.2, 0) is 4.74 Å². The average molecular weight is 357 g/mol. The van der Waals surface area contributed by atoms with Crippen molar-refractivity contribution in [2.24, 2.45) is 22.7 Å². The van der Waals surface area contributed by atoms with Crippen molar-refractivity contribution < 1.29 is 25.2 Å². The van der Waals surface area contributed by atoms with E-state index in [0.717, 1.165) is 32.1 Å². The summed E-state index contributed by atoms with van der Waals surface area (Å²) in [5.74, 6) is 0.549. The van der Waals surface area contributed by atoms with Crippen molar-refractivity contribution in [1.82, 2.24) is 0 Å². The number of hydrogen-bond acceptors (Lipinski definition) is 5. The lowest BCUT2D eigenvalue weighted by molar-refractivity contribution is -0.272. The first-order valence-corrected chi connectivity index (χ1v) is 9.94. The fraction of sp³-hybridized carbons (Fsp3) is 1.00. The van der Waals surface area contributed by atoms with Gasteiger partial charge < -0.3 is 25.2 Å². The van der Waals surface area contributed by atoms with Crippen LogP contribution in [0.1, 0.15) is 65.7 Å². The third kappa shape index (κ3) is 2.53. The van der Waals surface area contributed by atoms with Crippen LogP contribution in [0.5, 0.6) is 0 Å². The zero-order chi connectivity index (χ0) is 18.5. The van der Waals surface area contributed by atoms with Gasteiger partial charge in [0.25, 0.3) is 0 Å². The van der Waals surface area contributed by atoms with Gasteiger partial charge in [-0.15, -0.1) is 0 Å². The Labute approximate surface area is 151 Å². The Morgan fingerprint density at radius 2 is 1.68 bits per heavy atom. The number of aliphatic hydroxyl groups is 4. The maximum atomic E-state index is 10.6. The Morgan fingerprint density at radius 1 is 0.960 bits per heavy atom. The molecule has 3 fully saturated rings. The minimum atomic E-state index is -0.653. The van der Waals surface area contributed by atoms with Gasteiger partial charge in [0, 0.05) is 23.9 Å². The largest absolute Gasteiger partial charge is 0.396 e. The van der Waals surface area contributed by atoms with E-state index in [1.54, 1.807) is 0 Å². The van der Waals surface area contributed by atoms with Crippen LogP contribution in [0.3, 0.4) is 0 Å². The molecule has 146 valence electrons. The molecule has 0 aromatic rings.